The Morgan fingerprint density at radius 3 is 2.39 bits per heavy atom. The number of rotatable bonds is 6. The molecule has 1 unspecified atom stereocenters. The number of thiazole rings is 1. The van der Waals surface area contributed by atoms with Crippen molar-refractivity contribution in [2.75, 3.05) is 31.6 Å². The van der Waals surface area contributed by atoms with E-state index in [-0.39, 0.29) is 36.8 Å². The van der Waals surface area contributed by atoms with Gasteiger partial charge in [-0.3, -0.25) is 4.79 Å². The van der Waals surface area contributed by atoms with E-state index in [4.69, 9.17) is 5.73 Å². The van der Waals surface area contributed by atoms with E-state index in [2.05, 4.69) is 23.7 Å². The smallest absolute Gasteiger partial charge is 0.264 e. The number of hydrogen-bond acceptors (Lipinski definition) is 6. The van der Waals surface area contributed by atoms with Crippen LogP contribution in [0.1, 0.15) is 30.4 Å². The number of aromatic nitrogens is 1. The van der Waals surface area contributed by atoms with E-state index in [0.717, 1.165) is 32.6 Å². The molecule has 23 heavy (non-hydrogen) atoms. The first-order valence-electron chi connectivity index (χ1n) is 7.14. The second kappa shape index (κ2) is 9.64. The molecule has 2 heterocycles. The maximum atomic E-state index is 12.4. The lowest BCUT2D eigenvalue weighted by molar-refractivity contribution is 0.0753. The van der Waals surface area contributed by atoms with Gasteiger partial charge in [-0.25, -0.2) is 4.98 Å². The Kier molecular flexibility index (Phi) is 9.39. The lowest BCUT2D eigenvalue weighted by atomic mass is 10.3. The summed E-state index contributed by atoms with van der Waals surface area (Å²) < 4.78 is 1.08. The van der Waals surface area contributed by atoms with Crippen LogP contribution in [0.3, 0.4) is 0 Å². The molecule has 2 aromatic rings. The fourth-order valence-electron chi connectivity index (χ4n) is 1.99. The van der Waals surface area contributed by atoms with E-state index < -0.39 is 0 Å². The average molecular weight is 399 g/mol. The second-order valence-corrected chi connectivity index (χ2v) is 6.99. The summed E-state index contributed by atoms with van der Waals surface area (Å²) >= 11 is 3.11. The van der Waals surface area contributed by atoms with Crippen LogP contribution in [-0.2, 0) is 0 Å². The number of hydrogen-bond donors (Lipinski definition) is 1. The summed E-state index contributed by atoms with van der Waals surface area (Å²) in [6.45, 7) is 8.55. The van der Waals surface area contributed by atoms with E-state index in [1.165, 1.54) is 11.3 Å². The molecular formula is C14H24Cl2N4OS2. The number of nitrogens with two attached hydrogens (primary N) is 1. The fourth-order valence-corrected chi connectivity index (χ4v) is 4.31. The van der Waals surface area contributed by atoms with E-state index in [1.54, 1.807) is 23.3 Å². The van der Waals surface area contributed by atoms with Gasteiger partial charge in [0.1, 0.15) is 4.83 Å². The Labute approximate surface area is 157 Å². The van der Waals surface area contributed by atoms with Crippen molar-refractivity contribution in [3.8, 4) is 0 Å². The first-order chi connectivity index (χ1) is 10.0. The lowest BCUT2D eigenvalue weighted by Crippen LogP contribution is -2.39. The van der Waals surface area contributed by atoms with Crippen LogP contribution in [0.4, 0.5) is 5.13 Å². The third kappa shape index (κ3) is 4.70. The van der Waals surface area contributed by atoms with Gasteiger partial charge in [0.25, 0.3) is 5.91 Å². The molecule has 0 bridgehead atoms. The number of halogens is 2. The fraction of sp³-hybridized carbons (Fsp3) is 0.571. The quantitative estimate of drug-likeness (QED) is 0.808. The average Bonchev–Trinajstić information content (AvgIpc) is 3.04. The number of carbonyl (C=O) groups excluding carboxylic acids is 1. The van der Waals surface area contributed by atoms with E-state index >= 15 is 0 Å². The monoisotopic (exact) mass is 398 g/mol. The van der Waals surface area contributed by atoms with Crippen LogP contribution in [0, 0.1) is 0 Å². The number of thiophene rings is 1. The van der Waals surface area contributed by atoms with Gasteiger partial charge in [-0.2, -0.15) is 0 Å². The lowest BCUT2D eigenvalue weighted by Gasteiger charge is -2.22. The van der Waals surface area contributed by atoms with Gasteiger partial charge in [-0.15, -0.1) is 36.2 Å². The Hall–Kier alpha value is -0.600. The summed E-state index contributed by atoms with van der Waals surface area (Å²) in [5.41, 5.74) is 5.62. The Morgan fingerprint density at radius 1 is 1.30 bits per heavy atom. The molecule has 0 aliphatic heterocycles. The standard InChI is InChI=1S/C14H22N4OS2.2ClH/c1-5-18(6-2)14-16-12-10(21-14)7-11(20-12)13(19)17(4)9(3)8-15;;/h7,9H,5-6,8,15H2,1-4H3;2*1H. The third-order valence-corrected chi connectivity index (χ3v) is 5.85. The van der Waals surface area contributed by atoms with Crippen LogP contribution < -0.4 is 10.6 Å². The molecule has 0 saturated carbocycles. The van der Waals surface area contributed by atoms with Gasteiger partial charge in [0.15, 0.2) is 5.13 Å². The summed E-state index contributed by atoms with van der Waals surface area (Å²) in [5.74, 6) is 0.0209. The van der Waals surface area contributed by atoms with Crippen LogP contribution in [0.5, 0.6) is 0 Å². The van der Waals surface area contributed by atoms with Gasteiger partial charge in [0, 0.05) is 32.7 Å². The minimum absolute atomic E-state index is 0. The number of anilines is 1. The molecule has 0 spiro atoms. The predicted molar refractivity (Wildman–Crippen MR) is 106 cm³/mol. The number of amides is 1. The topological polar surface area (TPSA) is 62.5 Å². The molecule has 132 valence electrons. The van der Waals surface area contributed by atoms with Crippen molar-refractivity contribution in [1.29, 1.82) is 0 Å². The van der Waals surface area contributed by atoms with E-state index in [0.29, 0.717) is 6.54 Å². The highest BCUT2D eigenvalue weighted by Crippen LogP contribution is 2.35. The minimum Gasteiger partial charge on any atom is -0.349 e. The van der Waals surface area contributed by atoms with Crippen molar-refractivity contribution in [3.63, 3.8) is 0 Å². The molecule has 0 fully saturated rings. The zero-order valence-corrected chi connectivity index (χ0v) is 17.0. The number of likely N-dealkylation sites (N-methyl/N-ethyl adjacent to an activating group) is 1. The zero-order valence-electron chi connectivity index (χ0n) is 13.7. The van der Waals surface area contributed by atoms with Crippen LogP contribution in [0.25, 0.3) is 9.53 Å². The summed E-state index contributed by atoms with van der Waals surface area (Å²) in [5, 5.41) is 1.03. The van der Waals surface area contributed by atoms with Crippen molar-refractivity contribution in [2.24, 2.45) is 5.73 Å². The highest BCUT2D eigenvalue weighted by atomic mass is 35.5. The van der Waals surface area contributed by atoms with Crippen molar-refractivity contribution in [1.82, 2.24) is 9.88 Å². The minimum atomic E-state index is 0. The number of fused-ring (bicyclic) bond motifs is 1. The van der Waals surface area contributed by atoms with Gasteiger partial charge in [-0.05, 0) is 26.8 Å². The Morgan fingerprint density at radius 2 is 1.91 bits per heavy atom. The zero-order chi connectivity index (χ0) is 15.6. The maximum absolute atomic E-state index is 12.4. The molecule has 0 aliphatic carbocycles. The van der Waals surface area contributed by atoms with Crippen molar-refractivity contribution < 1.29 is 4.79 Å². The largest absolute Gasteiger partial charge is 0.349 e. The molecule has 2 rings (SSSR count). The first-order valence-corrected chi connectivity index (χ1v) is 8.77. The van der Waals surface area contributed by atoms with Crippen molar-refractivity contribution >= 4 is 68.1 Å². The van der Waals surface area contributed by atoms with Gasteiger partial charge >= 0.3 is 0 Å². The van der Waals surface area contributed by atoms with Crippen LogP contribution in [0.2, 0.25) is 0 Å². The summed E-state index contributed by atoms with van der Waals surface area (Å²) in [7, 11) is 1.79. The normalized spacial score (nSPS) is 11.5. The molecular weight excluding hydrogens is 375 g/mol. The van der Waals surface area contributed by atoms with Gasteiger partial charge in [0.05, 0.1) is 9.58 Å². The molecule has 0 aromatic carbocycles. The van der Waals surface area contributed by atoms with Gasteiger partial charge in [0.2, 0.25) is 0 Å². The molecule has 2 aromatic heterocycles. The number of carbonyl (C=O) groups is 1. The molecule has 0 radical (unpaired) electrons. The predicted octanol–water partition coefficient (Wildman–Crippen LogP) is 3.47. The number of nitrogens with zero attached hydrogens (tertiary/aromatic N) is 3. The highest BCUT2D eigenvalue weighted by molar-refractivity contribution is 7.29. The van der Waals surface area contributed by atoms with E-state index in [1.807, 2.05) is 13.0 Å². The SMILES string of the molecule is CCN(CC)c1nc2sc(C(=O)N(C)C(C)CN)cc2s1.Cl.Cl. The molecule has 0 aliphatic rings. The van der Waals surface area contributed by atoms with Crippen LogP contribution in [0.15, 0.2) is 6.07 Å². The molecule has 1 atom stereocenters. The Bertz CT molecular complexity index is 596. The maximum Gasteiger partial charge on any atom is 0.264 e. The Balaban J connectivity index is 0.00000242. The van der Waals surface area contributed by atoms with E-state index in [9.17, 15) is 4.79 Å². The van der Waals surface area contributed by atoms with Crippen molar-refractivity contribution in [3.05, 3.63) is 10.9 Å². The van der Waals surface area contributed by atoms with Gasteiger partial charge < -0.3 is 15.5 Å². The van der Waals surface area contributed by atoms with Crippen LogP contribution in [-0.4, -0.2) is 48.5 Å². The molecule has 9 heteroatoms. The second-order valence-electron chi connectivity index (χ2n) is 4.95. The summed E-state index contributed by atoms with van der Waals surface area (Å²) in [6, 6.07) is 1.99. The van der Waals surface area contributed by atoms with Crippen molar-refractivity contribution in [2.45, 2.75) is 26.8 Å². The highest BCUT2D eigenvalue weighted by Gasteiger charge is 2.20. The molecule has 5 nitrogen and oxygen atoms in total. The molecule has 0 saturated heterocycles. The molecule has 2 N–H and O–H groups in total. The summed E-state index contributed by atoms with van der Waals surface area (Å²) in [6.07, 6.45) is 0. The first kappa shape index (κ1) is 22.4. The van der Waals surface area contributed by atoms with Crippen LogP contribution >= 0.6 is 47.5 Å². The summed E-state index contributed by atoms with van der Waals surface area (Å²) in [4.78, 5) is 22.6. The molecule has 1 amide bonds. The van der Waals surface area contributed by atoms with Gasteiger partial charge in [-0.1, -0.05) is 11.3 Å². The third-order valence-electron chi connectivity index (χ3n) is 3.65.